The largest absolute Gasteiger partial charge is 0.497 e. The molecule has 0 saturated carbocycles. The van der Waals surface area contributed by atoms with Crippen molar-refractivity contribution in [1.82, 2.24) is 25.0 Å². The summed E-state index contributed by atoms with van der Waals surface area (Å²) in [6, 6.07) is 15.5. The van der Waals surface area contributed by atoms with E-state index >= 15 is 0 Å². The Bertz CT molecular complexity index is 1100. The van der Waals surface area contributed by atoms with Crippen molar-refractivity contribution < 1.29 is 9.53 Å². The molecule has 0 spiro atoms. The minimum absolute atomic E-state index is 0.0859. The summed E-state index contributed by atoms with van der Waals surface area (Å²) >= 11 is 11.3. The summed E-state index contributed by atoms with van der Waals surface area (Å²) in [5.74, 6) is 1.31. The first-order valence-corrected chi connectivity index (χ1v) is 11.4. The molecule has 168 valence electrons. The van der Waals surface area contributed by atoms with E-state index in [4.69, 9.17) is 28.6 Å². The molecule has 1 unspecified atom stereocenters. The minimum Gasteiger partial charge on any atom is -0.497 e. The summed E-state index contributed by atoms with van der Waals surface area (Å²) in [5.41, 5.74) is 2.00. The Morgan fingerprint density at radius 2 is 1.88 bits per heavy atom. The van der Waals surface area contributed by atoms with Crippen molar-refractivity contribution >= 4 is 29.7 Å². The first-order valence-electron chi connectivity index (χ1n) is 10.6. The van der Waals surface area contributed by atoms with Crippen molar-refractivity contribution in [2.45, 2.75) is 25.4 Å². The molecule has 0 aliphatic carbocycles. The van der Waals surface area contributed by atoms with Gasteiger partial charge in [0.15, 0.2) is 10.6 Å². The van der Waals surface area contributed by atoms with Crippen molar-refractivity contribution in [3.63, 3.8) is 0 Å². The third-order valence-corrected chi connectivity index (χ3v) is 6.30. The number of rotatable bonds is 8. The van der Waals surface area contributed by atoms with Gasteiger partial charge in [-0.3, -0.25) is 19.4 Å². The summed E-state index contributed by atoms with van der Waals surface area (Å²) in [4.78, 5) is 15.3. The number of aromatic nitrogens is 3. The maximum Gasteiger partial charge on any atom is 0.240 e. The van der Waals surface area contributed by atoms with E-state index in [0.29, 0.717) is 22.2 Å². The molecular formula is C23H26ClN5O2S. The van der Waals surface area contributed by atoms with E-state index in [1.54, 1.807) is 23.8 Å². The fourth-order valence-corrected chi connectivity index (χ4v) is 4.35. The van der Waals surface area contributed by atoms with Gasteiger partial charge >= 0.3 is 0 Å². The molecule has 0 radical (unpaired) electrons. The summed E-state index contributed by atoms with van der Waals surface area (Å²) < 4.78 is 7.38. The number of aromatic amines is 1. The van der Waals surface area contributed by atoms with Crippen LogP contribution >= 0.6 is 23.8 Å². The van der Waals surface area contributed by atoms with Crippen LogP contribution in [0.4, 0.5) is 0 Å². The molecule has 4 rings (SSSR count). The Morgan fingerprint density at radius 1 is 1.19 bits per heavy atom. The third-order valence-electron chi connectivity index (χ3n) is 5.74. The number of halogens is 1. The molecular weight excluding hydrogens is 446 g/mol. The number of likely N-dealkylation sites (tertiary alicyclic amines) is 1. The Hall–Kier alpha value is -2.68. The zero-order valence-electron chi connectivity index (χ0n) is 17.9. The molecule has 9 heteroatoms. The van der Waals surface area contributed by atoms with Gasteiger partial charge in [-0.1, -0.05) is 23.7 Å². The van der Waals surface area contributed by atoms with Crippen molar-refractivity contribution in [3.8, 4) is 17.1 Å². The van der Waals surface area contributed by atoms with Crippen molar-refractivity contribution in [3.05, 3.63) is 63.9 Å². The number of hydrogen-bond donors (Lipinski definition) is 2. The zero-order valence-corrected chi connectivity index (χ0v) is 19.5. The fourth-order valence-electron chi connectivity index (χ4n) is 4.03. The van der Waals surface area contributed by atoms with E-state index in [2.05, 4.69) is 32.5 Å². The van der Waals surface area contributed by atoms with E-state index < -0.39 is 0 Å². The predicted octanol–water partition coefficient (Wildman–Crippen LogP) is 4.22. The van der Waals surface area contributed by atoms with Gasteiger partial charge in [-0.05, 0) is 80.1 Å². The minimum atomic E-state index is -0.115. The topological polar surface area (TPSA) is 75.2 Å². The van der Waals surface area contributed by atoms with E-state index in [9.17, 15) is 4.79 Å². The van der Waals surface area contributed by atoms with Crippen LogP contribution in [0, 0.1) is 4.77 Å². The maximum atomic E-state index is 12.9. The second kappa shape index (κ2) is 10.3. The molecule has 2 heterocycles. The van der Waals surface area contributed by atoms with Gasteiger partial charge < -0.3 is 10.1 Å². The average molecular weight is 472 g/mol. The highest BCUT2D eigenvalue weighted by atomic mass is 35.5. The monoisotopic (exact) mass is 471 g/mol. The lowest BCUT2D eigenvalue weighted by molar-refractivity contribution is -0.121. The molecule has 1 aliphatic heterocycles. The molecule has 2 aromatic carbocycles. The van der Waals surface area contributed by atoms with Crippen LogP contribution in [0.3, 0.4) is 0 Å². The smallest absolute Gasteiger partial charge is 0.240 e. The van der Waals surface area contributed by atoms with E-state index in [1.165, 1.54) is 12.8 Å². The van der Waals surface area contributed by atoms with Gasteiger partial charge in [0, 0.05) is 17.1 Å². The van der Waals surface area contributed by atoms with Gasteiger partial charge in [-0.25, -0.2) is 0 Å². The number of ether oxygens (including phenoxy) is 1. The lowest BCUT2D eigenvalue weighted by Crippen LogP contribution is -2.38. The second-order valence-electron chi connectivity index (χ2n) is 7.78. The molecule has 1 atom stereocenters. The van der Waals surface area contributed by atoms with Crippen molar-refractivity contribution in [2.75, 3.05) is 26.7 Å². The van der Waals surface area contributed by atoms with E-state index in [0.717, 1.165) is 30.0 Å². The SMILES string of the molecule is COc1ccc(C(CNC(=O)Cn2c(-c3ccc(Cl)cc3)n[nH]c2=S)N2CCCC2)cc1. The van der Waals surface area contributed by atoms with Gasteiger partial charge in [0.1, 0.15) is 12.3 Å². The van der Waals surface area contributed by atoms with Gasteiger partial charge in [0.05, 0.1) is 13.2 Å². The molecule has 3 aromatic rings. The molecule has 1 amide bonds. The molecule has 32 heavy (non-hydrogen) atoms. The third kappa shape index (κ3) is 5.20. The number of hydrogen-bond acceptors (Lipinski definition) is 5. The molecule has 1 fully saturated rings. The lowest BCUT2D eigenvalue weighted by Gasteiger charge is -2.28. The molecule has 2 N–H and O–H groups in total. The molecule has 0 bridgehead atoms. The normalized spacial score (nSPS) is 14.9. The van der Waals surface area contributed by atoms with Crippen LogP contribution in [0.1, 0.15) is 24.4 Å². The second-order valence-corrected chi connectivity index (χ2v) is 8.60. The average Bonchev–Trinajstić information content (AvgIpc) is 3.46. The Kier molecular flexibility index (Phi) is 7.24. The number of methoxy groups -OCH3 is 1. The number of nitrogens with one attached hydrogen (secondary N) is 2. The van der Waals surface area contributed by atoms with Crippen LogP contribution in [0.15, 0.2) is 48.5 Å². The maximum absolute atomic E-state index is 12.9. The summed E-state index contributed by atoms with van der Waals surface area (Å²) in [7, 11) is 1.66. The highest BCUT2D eigenvalue weighted by molar-refractivity contribution is 7.71. The van der Waals surface area contributed by atoms with Crippen LogP contribution < -0.4 is 10.1 Å². The van der Waals surface area contributed by atoms with Gasteiger partial charge in [0.25, 0.3) is 0 Å². The molecule has 1 saturated heterocycles. The van der Waals surface area contributed by atoms with Gasteiger partial charge in [0.2, 0.25) is 5.91 Å². The molecule has 1 aliphatic rings. The summed E-state index contributed by atoms with van der Waals surface area (Å²) in [6.45, 7) is 2.66. The highest BCUT2D eigenvalue weighted by Gasteiger charge is 2.24. The number of H-pyrrole nitrogens is 1. The lowest BCUT2D eigenvalue weighted by atomic mass is 10.1. The molecule has 1 aromatic heterocycles. The first kappa shape index (κ1) is 22.5. The first-order chi connectivity index (χ1) is 15.5. The summed E-state index contributed by atoms with van der Waals surface area (Å²) in [6.07, 6.45) is 2.35. The van der Waals surface area contributed by atoms with Gasteiger partial charge in [-0.2, -0.15) is 5.10 Å². The number of benzene rings is 2. The number of carbonyl (C=O) groups is 1. The van der Waals surface area contributed by atoms with Crippen LogP contribution in [0.2, 0.25) is 5.02 Å². The van der Waals surface area contributed by atoms with Gasteiger partial charge in [-0.15, -0.1) is 0 Å². The summed E-state index contributed by atoms with van der Waals surface area (Å²) in [5, 5.41) is 10.8. The number of amides is 1. The number of carbonyl (C=O) groups excluding carboxylic acids is 1. The van der Waals surface area contributed by atoms with E-state index in [-0.39, 0.29) is 18.5 Å². The molecule has 7 nitrogen and oxygen atoms in total. The van der Waals surface area contributed by atoms with Crippen molar-refractivity contribution in [1.29, 1.82) is 0 Å². The van der Waals surface area contributed by atoms with Crippen LogP contribution in [0.25, 0.3) is 11.4 Å². The Morgan fingerprint density at radius 3 is 2.53 bits per heavy atom. The van der Waals surface area contributed by atoms with Crippen molar-refractivity contribution in [2.24, 2.45) is 0 Å². The quantitative estimate of drug-likeness (QED) is 0.481. The Balaban J connectivity index is 1.46. The number of nitrogens with zero attached hydrogens (tertiary/aromatic N) is 3. The highest BCUT2D eigenvalue weighted by Crippen LogP contribution is 2.26. The fraction of sp³-hybridized carbons (Fsp3) is 0.348. The van der Waals surface area contributed by atoms with Crippen LogP contribution in [-0.4, -0.2) is 52.3 Å². The van der Waals surface area contributed by atoms with E-state index in [1.807, 2.05) is 24.3 Å². The standard InChI is InChI=1S/C23H26ClN5O2S/c1-31-19-10-6-16(7-11-19)20(28-12-2-3-13-28)14-25-21(30)15-29-22(26-27-23(29)32)17-4-8-18(24)9-5-17/h4-11,20H,2-3,12-15H2,1H3,(H,25,30)(H,27,32). The van der Waals surface area contributed by atoms with Crippen LogP contribution in [0.5, 0.6) is 5.75 Å². The predicted molar refractivity (Wildman–Crippen MR) is 127 cm³/mol. The van der Waals surface area contributed by atoms with Crippen LogP contribution in [-0.2, 0) is 11.3 Å². The Labute approximate surface area is 197 Å². The zero-order chi connectivity index (χ0) is 22.5.